The molecule has 6 nitrogen and oxygen atoms in total. The summed E-state index contributed by atoms with van der Waals surface area (Å²) in [5.41, 5.74) is 0.340. The Bertz CT molecular complexity index is 802. The van der Waals surface area contributed by atoms with Crippen molar-refractivity contribution in [2.45, 2.75) is 13.1 Å². The van der Waals surface area contributed by atoms with Gasteiger partial charge in [-0.25, -0.2) is 9.48 Å². The third-order valence-corrected chi connectivity index (χ3v) is 3.01. The Balaban J connectivity index is 2.34. The van der Waals surface area contributed by atoms with Crippen LogP contribution in [0, 0.1) is 12.3 Å². The van der Waals surface area contributed by atoms with Crippen LogP contribution in [0.15, 0.2) is 41.7 Å². The van der Waals surface area contributed by atoms with E-state index in [-0.39, 0.29) is 24.7 Å². The number of benzene rings is 1. The first-order valence-electron chi connectivity index (χ1n) is 6.72. The Morgan fingerprint density at radius 2 is 2.09 bits per heavy atom. The van der Waals surface area contributed by atoms with E-state index in [9.17, 15) is 9.59 Å². The summed E-state index contributed by atoms with van der Waals surface area (Å²) in [6.07, 6.45) is 6.85. The lowest BCUT2D eigenvalue weighted by Crippen LogP contribution is -2.36. The molecule has 2 N–H and O–H groups in total. The summed E-state index contributed by atoms with van der Waals surface area (Å²) in [7, 11) is 0. The molecule has 0 unspecified atom stereocenters. The average Bonchev–Trinajstić information content (AvgIpc) is 2.54. The van der Waals surface area contributed by atoms with Crippen molar-refractivity contribution in [3.63, 3.8) is 0 Å². The lowest BCUT2D eigenvalue weighted by atomic mass is 10.1. The second kappa shape index (κ2) is 7.09. The maximum absolute atomic E-state index is 12.2. The molecule has 0 bridgehead atoms. The monoisotopic (exact) mass is 296 g/mol. The smallest absolute Gasteiger partial charge is 0.315 e. The molecule has 0 aliphatic heterocycles. The van der Waals surface area contributed by atoms with Gasteiger partial charge in [-0.2, -0.15) is 5.10 Å². The molecule has 0 radical (unpaired) electrons. The molecule has 0 aliphatic carbocycles. The minimum Gasteiger partial charge on any atom is -0.335 e. The molecule has 2 rings (SSSR count). The number of amides is 2. The fourth-order valence-electron chi connectivity index (χ4n) is 2.02. The quantitative estimate of drug-likeness (QED) is 0.639. The summed E-state index contributed by atoms with van der Waals surface area (Å²) in [6, 6.07) is 6.77. The Hall–Kier alpha value is -3.07. The molecular weight excluding hydrogens is 280 g/mol. The molecule has 0 atom stereocenters. The standard InChI is InChI=1S/C16H16N4O2/c1-3-9-17-16(22)18-11-14-12-7-5-6-8-13(12)15(21)20(19-14)10-4-2/h2-3,5-8H,1,9-11H2,(H2,17,18,22). The van der Waals surface area contributed by atoms with E-state index >= 15 is 0 Å². The van der Waals surface area contributed by atoms with E-state index < -0.39 is 0 Å². The highest BCUT2D eigenvalue weighted by molar-refractivity contribution is 5.84. The maximum Gasteiger partial charge on any atom is 0.315 e. The number of urea groups is 1. The van der Waals surface area contributed by atoms with Gasteiger partial charge in [0, 0.05) is 11.9 Å². The third kappa shape index (κ3) is 3.33. The number of aromatic nitrogens is 2. The van der Waals surface area contributed by atoms with Crippen LogP contribution in [0.25, 0.3) is 10.8 Å². The molecule has 0 fully saturated rings. The van der Waals surface area contributed by atoms with Gasteiger partial charge in [-0.15, -0.1) is 13.0 Å². The van der Waals surface area contributed by atoms with Crippen molar-refractivity contribution in [1.82, 2.24) is 20.4 Å². The number of carbonyl (C=O) groups is 1. The van der Waals surface area contributed by atoms with Gasteiger partial charge < -0.3 is 10.6 Å². The fraction of sp³-hybridized carbons (Fsp3) is 0.188. The second-order valence-electron chi connectivity index (χ2n) is 4.51. The minimum atomic E-state index is -0.333. The predicted molar refractivity (Wildman–Crippen MR) is 85.3 cm³/mol. The van der Waals surface area contributed by atoms with E-state index in [0.717, 1.165) is 0 Å². The molecule has 1 heterocycles. The van der Waals surface area contributed by atoms with Gasteiger partial charge in [0.15, 0.2) is 0 Å². The van der Waals surface area contributed by atoms with Crippen LogP contribution in [0.5, 0.6) is 0 Å². The fourth-order valence-corrected chi connectivity index (χ4v) is 2.02. The average molecular weight is 296 g/mol. The van der Waals surface area contributed by atoms with Crippen molar-refractivity contribution in [2.24, 2.45) is 0 Å². The van der Waals surface area contributed by atoms with E-state index in [1.807, 2.05) is 6.07 Å². The van der Waals surface area contributed by atoms with Crippen molar-refractivity contribution in [3.05, 3.63) is 53.0 Å². The number of hydrogen-bond donors (Lipinski definition) is 2. The molecule has 6 heteroatoms. The van der Waals surface area contributed by atoms with Crippen molar-refractivity contribution >= 4 is 16.8 Å². The number of carbonyl (C=O) groups excluding carboxylic acids is 1. The lowest BCUT2D eigenvalue weighted by Gasteiger charge is -2.10. The summed E-state index contributed by atoms with van der Waals surface area (Å²) in [6.45, 7) is 4.17. The zero-order valence-corrected chi connectivity index (χ0v) is 12.0. The van der Waals surface area contributed by atoms with Gasteiger partial charge in [-0.05, 0) is 6.07 Å². The van der Waals surface area contributed by atoms with Crippen LogP contribution >= 0.6 is 0 Å². The predicted octanol–water partition coefficient (Wildman–Crippen LogP) is 1.01. The van der Waals surface area contributed by atoms with Gasteiger partial charge >= 0.3 is 6.03 Å². The van der Waals surface area contributed by atoms with E-state index in [2.05, 4.69) is 28.2 Å². The van der Waals surface area contributed by atoms with Crippen molar-refractivity contribution in [3.8, 4) is 12.3 Å². The van der Waals surface area contributed by atoms with Gasteiger partial charge in [0.1, 0.15) is 6.54 Å². The normalized spacial score (nSPS) is 9.95. The van der Waals surface area contributed by atoms with Crippen LogP contribution in [0.1, 0.15) is 5.69 Å². The van der Waals surface area contributed by atoms with Gasteiger partial charge in [0.25, 0.3) is 5.56 Å². The zero-order valence-electron chi connectivity index (χ0n) is 12.0. The molecule has 0 aliphatic rings. The SMILES string of the molecule is C#CCn1nc(CNC(=O)NCC=C)c2ccccc2c1=O. The molecule has 22 heavy (non-hydrogen) atoms. The third-order valence-electron chi connectivity index (χ3n) is 3.01. The molecule has 112 valence electrons. The number of hydrogen-bond acceptors (Lipinski definition) is 3. The maximum atomic E-state index is 12.2. The molecule has 0 saturated carbocycles. The Kier molecular flexibility index (Phi) is 4.94. The van der Waals surface area contributed by atoms with Crippen molar-refractivity contribution in [2.75, 3.05) is 6.54 Å². The first-order valence-corrected chi connectivity index (χ1v) is 6.72. The topological polar surface area (TPSA) is 76.0 Å². The summed E-state index contributed by atoms with van der Waals surface area (Å²) >= 11 is 0. The molecule has 2 amide bonds. The Morgan fingerprint density at radius 3 is 2.77 bits per heavy atom. The summed E-state index contributed by atoms with van der Waals surface area (Å²) in [4.78, 5) is 23.8. The summed E-state index contributed by atoms with van der Waals surface area (Å²) in [5.74, 6) is 2.40. The largest absolute Gasteiger partial charge is 0.335 e. The van der Waals surface area contributed by atoms with Crippen LogP contribution in [0.4, 0.5) is 4.79 Å². The van der Waals surface area contributed by atoms with E-state index in [4.69, 9.17) is 6.42 Å². The zero-order chi connectivity index (χ0) is 15.9. The molecule has 0 spiro atoms. The van der Waals surface area contributed by atoms with Crippen molar-refractivity contribution < 1.29 is 4.79 Å². The van der Waals surface area contributed by atoms with Crippen molar-refractivity contribution in [1.29, 1.82) is 0 Å². The van der Waals surface area contributed by atoms with E-state index in [1.165, 1.54) is 4.68 Å². The van der Waals surface area contributed by atoms with Gasteiger partial charge in [-0.1, -0.05) is 30.2 Å². The number of terminal acetylenes is 1. The number of nitrogens with zero attached hydrogens (tertiary/aromatic N) is 2. The summed E-state index contributed by atoms with van der Waals surface area (Å²) in [5, 5.41) is 10.8. The second-order valence-corrected chi connectivity index (χ2v) is 4.51. The van der Waals surface area contributed by atoms with Crippen LogP contribution in [-0.2, 0) is 13.1 Å². The highest BCUT2D eigenvalue weighted by Gasteiger charge is 2.10. The van der Waals surface area contributed by atoms with E-state index in [0.29, 0.717) is 23.0 Å². The molecule has 2 aromatic rings. The summed E-state index contributed by atoms with van der Waals surface area (Å²) < 4.78 is 1.22. The first kappa shape index (κ1) is 15.3. The molecular formula is C16H16N4O2. The van der Waals surface area contributed by atoms with Crippen LogP contribution in [0.3, 0.4) is 0 Å². The van der Waals surface area contributed by atoms with Crippen LogP contribution in [0.2, 0.25) is 0 Å². The highest BCUT2D eigenvalue weighted by Crippen LogP contribution is 2.12. The number of nitrogens with one attached hydrogen (secondary N) is 2. The number of rotatable bonds is 5. The molecule has 1 aromatic heterocycles. The van der Waals surface area contributed by atoms with Crippen LogP contribution in [-0.4, -0.2) is 22.4 Å². The van der Waals surface area contributed by atoms with E-state index in [1.54, 1.807) is 24.3 Å². The van der Waals surface area contributed by atoms with Gasteiger partial charge in [0.2, 0.25) is 0 Å². The minimum absolute atomic E-state index is 0.0827. The molecule has 0 saturated heterocycles. The Labute approximate surface area is 127 Å². The molecule has 1 aromatic carbocycles. The Morgan fingerprint density at radius 1 is 1.36 bits per heavy atom. The highest BCUT2D eigenvalue weighted by atomic mass is 16.2. The van der Waals surface area contributed by atoms with Gasteiger partial charge in [-0.3, -0.25) is 4.79 Å². The van der Waals surface area contributed by atoms with Gasteiger partial charge in [0.05, 0.1) is 17.6 Å². The lowest BCUT2D eigenvalue weighted by molar-refractivity contribution is 0.241. The van der Waals surface area contributed by atoms with Crippen LogP contribution < -0.4 is 16.2 Å². The first-order chi connectivity index (χ1) is 10.7. The number of fused-ring (bicyclic) bond motifs is 1.